The molecular formula is C20H22N2O2. The quantitative estimate of drug-likeness (QED) is 0.506. The van der Waals surface area contributed by atoms with E-state index in [2.05, 4.69) is 41.3 Å². The SMILES string of the molecule is O=C(/C=C/c1ccc2c(c1)CN(CCc1ccccc1)CC2)NO. The number of nitrogens with zero attached hydrogens (tertiary/aromatic N) is 1. The first kappa shape index (κ1) is 16.4. The van der Waals surface area contributed by atoms with Gasteiger partial charge in [0.25, 0.3) is 5.91 Å². The highest BCUT2D eigenvalue weighted by molar-refractivity contribution is 5.90. The van der Waals surface area contributed by atoms with Crippen molar-refractivity contribution in [1.82, 2.24) is 10.4 Å². The fourth-order valence-electron chi connectivity index (χ4n) is 3.07. The van der Waals surface area contributed by atoms with Crippen LogP contribution in [0.5, 0.6) is 0 Å². The van der Waals surface area contributed by atoms with Crippen LogP contribution in [0.15, 0.2) is 54.6 Å². The topological polar surface area (TPSA) is 52.6 Å². The molecule has 1 amide bonds. The maximum Gasteiger partial charge on any atom is 0.267 e. The molecule has 4 nitrogen and oxygen atoms in total. The van der Waals surface area contributed by atoms with Gasteiger partial charge in [0.1, 0.15) is 0 Å². The van der Waals surface area contributed by atoms with Crippen molar-refractivity contribution in [2.24, 2.45) is 0 Å². The molecule has 1 heterocycles. The van der Waals surface area contributed by atoms with Crippen molar-refractivity contribution in [2.75, 3.05) is 13.1 Å². The van der Waals surface area contributed by atoms with Crippen LogP contribution < -0.4 is 5.48 Å². The Labute approximate surface area is 142 Å². The van der Waals surface area contributed by atoms with Crippen molar-refractivity contribution >= 4 is 12.0 Å². The van der Waals surface area contributed by atoms with Crippen LogP contribution in [0.2, 0.25) is 0 Å². The Morgan fingerprint density at radius 1 is 1.17 bits per heavy atom. The van der Waals surface area contributed by atoms with E-state index in [1.807, 2.05) is 12.1 Å². The number of rotatable bonds is 5. The number of hydrogen-bond acceptors (Lipinski definition) is 3. The molecule has 0 aliphatic carbocycles. The molecule has 0 bridgehead atoms. The Morgan fingerprint density at radius 2 is 2.00 bits per heavy atom. The number of carbonyl (C=O) groups is 1. The average molecular weight is 322 g/mol. The van der Waals surface area contributed by atoms with Gasteiger partial charge in [-0.05, 0) is 41.2 Å². The van der Waals surface area contributed by atoms with Crippen LogP contribution in [0, 0.1) is 0 Å². The van der Waals surface area contributed by atoms with Gasteiger partial charge in [-0.15, -0.1) is 0 Å². The second-order valence-electron chi connectivity index (χ2n) is 6.10. The van der Waals surface area contributed by atoms with E-state index in [0.717, 1.165) is 38.0 Å². The van der Waals surface area contributed by atoms with Gasteiger partial charge in [0.05, 0.1) is 0 Å². The van der Waals surface area contributed by atoms with Crippen molar-refractivity contribution in [2.45, 2.75) is 19.4 Å². The summed E-state index contributed by atoms with van der Waals surface area (Å²) in [6.07, 6.45) is 5.17. The van der Waals surface area contributed by atoms with E-state index in [9.17, 15) is 4.79 Å². The molecule has 2 aromatic rings. The van der Waals surface area contributed by atoms with E-state index in [0.29, 0.717) is 0 Å². The molecule has 2 aromatic carbocycles. The van der Waals surface area contributed by atoms with Crippen LogP contribution in [-0.4, -0.2) is 29.1 Å². The molecule has 124 valence electrons. The highest BCUT2D eigenvalue weighted by Crippen LogP contribution is 2.21. The van der Waals surface area contributed by atoms with Crippen LogP contribution in [0.3, 0.4) is 0 Å². The number of benzene rings is 2. The summed E-state index contributed by atoms with van der Waals surface area (Å²) in [5, 5.41) is 8.54. The predicted octanol–water partition coefficient (Wildman–Crippen LogP) is 2.81. The van der Waals surface area contributed by atoms with Gasteiger partial charge in [-0.25, -0.2) is 5.48 Å². The molecule has 24 heavy (non-hydrogen) atoms. The molecule has 0 saturated carbocycles. The Bertz CT molecular complexity index is 726. The van der Waals surface area contributed by atoms with E-state index < -0.39 is 5.91 Å². The van der Waals surface area contributed by atoms with Crippen LogP contribution >= 0.6 is 0 Å². The van der Waals surface area contributed by atoms with E-state index in [1.165, 1.54) is 22.8 Å². The fourth-order valence-corrected chi connectivity index (χ4v) is 3.07. The predicted molar refractivity (Wildman–Crippen MR) is 94.5 cm³/mol. The first-order valence-corrected chi connectivity index (χ1v) is 8.25. The zero-order chi connectivity index (χ0) is 16.8. The number of hydroxylamine groups is 1. The average Bonchev–Trinajstić information content (AvgIpc) is 2.64. The molecule has 0 spiro atoms. The fraction of sp³-hybridized carbons (Fsp3) is 0.250. The summed E-state index contributed by atoms with van der Waals surface area (Å²) in [6, 6.07) is 16.8. The van der Waals surface area contributed by atoms with E-state index >= 15 is 0 Å². The van der Waals surface area contributed by atoms with Crippen LogP contribution in [0.25, 0.3) is 6.08 Å². The minimum atomic E-state index is -0.516. The molecule has 0 fully saturated rings. The van der Waals surface area contributed by atoms with E-state index in [4.69, 9.17) is 5.21 Å². The van der Waals surface area contributed by atoms with Gasteiger partial charge in [0, 0.05) is 25.7 Å². The Kier molecular flexibility index (Phi) is 5.41. The monoisotopic (exact) mass is 322 g/mol. The van der Waals surface area contributed by atoms with Gasteiger partial charge in [0.2, 0.25) is 0 Å². The first-order chi connectivity index (χ1) is 11.7. The standard InChI is InChI=1S/C20H22N2O2/c23-20(21-24)9-7-17-6-8-18-11-13-22(15-19(18)14-17)12-10-16-4-2-1-3-5-16/h1-9,14,24H,10-13,15H2,(H,21,23)/b9-7+. The van der Waals surface area contributed by atoms with Crippen molar-refractivity contribution in [3.63, 3.8) is 0 Å². The summed E-state index contributed by atoms with van der Waals surface area (Å²) in [7, 11) is 0. The van der Waals surface area contributed by atoms with Gasteiger partial charge in [-0.3, -0.25) is 14.9 Å². The summed E-state index contributed by atoms with van der Waals surface area (Å²) in [5.41, 5.74) is 6.65. The lowest BCUT2D eigenvalue weighted by Gasteiger charge is -2.29. The van der Waals surface area contributed by atoms with Gasteiger partial charge in [0.15, 0.2) is 0 Å². The molecule has 4 heteroatoms. The second kappa shape index (κ2) is 7.90. The minimum Gasteiger partial charge on any atom is -0.298 e. The number of nitrogens with one attached hydrogen (secondary N) is 1. The molecule has 0 atom stereocenters. The van der Waals surface area contributed by atoms with Crippen molar-refractivity contribution in [3.8, 4) is 0 Å². The summed E-state index contributed by atoms with van der Waals surface area (Å²) >= 11 is 0. The normalized spacial score (nSPS) is 14.5. The summed E-state index contributed by atoms with van der Waals surface area (Å²) in [6.45, 7) is 3.08. The van der Waals surface area contributed by atoms with Gasteiger partial charge in [-0.2, -0.15) is 0 Å². The number of fused-ring (bicyclic) bond motifs is 1. The highest BCUT2D eigenvalue weighted by Gasteiger charge is 2.16. The molecule has 0 aromatic heterocycles. The zero-order valence-electron chi connectivity index (χ0n) is 13.6. The van der Waals surface area contributed by atoms with E-state index in [-0.39, 0.29) is 0 Å². The Hall–Kier alpha value is -2.43. The number of carbonyl (C=O) groups excluding carboxylic acids is 1. The summed E-state index contributed by atoms with van der Waals surface area (Å²) in [5.74, 6) is -0.516. The van der Waals surface area contributed by atoms with Crippen molar-refractivity contribution < 1.29 is 10.0 Å². The first-order valence-electron chi connectivity index (χ1n) is 8.25. The second-order valence-corrected chi connectivity index (χ2v) is 6.10. The molecule has 0 radical (unpaired) electrons. The maximum atomic E-state index is 11.1. The summed E-state index contributed by atoms with van der Waals surface area (Å²) < 4.78 is 0. The molecule has 1 aliphatic rings. The van der Waals surface area contributed by atoms with Crippen LogP contribution in [0.4, 0.5) is 0 Å². The molecular weight excluding hydrogens is 300 g/mol. The molecule has 1 aliphatic heterocycles. The lowest BCUT2D eigenvalue weighted by molar-refractivity contribution is -0.124. The number of amides is 1. The van der Waals surface area contributed by atoms with E-state index in [1.54, 1.807) is 11.6 Å². The Balaban J connectivity index is 1.63. The van der Waals surface area contributed by atoms with Crippen molar-refractivity contribution in [1.29, 1.82) is 0 Å². The van der Waals surface area contributed by atoms with Crippen molar-refractivity contribution in [3.05, 3.63) is 76.9 Å². The van der Waals surface area contributed by atoms with Gasteiger partial charge in [-0.1, -0.05) is 48.5 Å². The molecule has 0 unspecified atom stereocenters. The maximum absolute atomic E-state index is 11.1. The third kappa shape index (κ3) is 4.31. The highest BCUT2D eigenvalue weighted by atomic mass is 16.5. The van der Waals surface area contributed by atoms with Gasteiger partial charge >= 0.3 is 0 Å². The zero-order valence-corrected chi connectivity index (χ0v) is 13.6. The molecule has 2 N–H and O–H groups in total. The minimum absolute atomic E-state index is 0.516. The van der Waals surface area contributed by atoms with Crippen LogP contribution in [-0.2, 0) is 24.2 Å². The number of hydrogen-bond donors (Lipinski definition) is 2. The third-order valence-corrected chi connectivity index (χ3v) is 4.42. The largest absolute Gasteiger partial charge is 0.298 e. The smallest absolute Gasteiger partial charge is 0.267 e. The van der Waals surface area contributed by atoms with Crippen LogP contribution in [0.1, 0.15) is 22.3 Å². The molecule has 0 saturated heterocycles. The lowest BCUT2D eigenvalue weighted by Crippen LogP contribution is -2.32. The Morgan fingerprint density at radius 3 is 2.79 bits per heavy atom. The summed E-state index contributed by atoms with van der Waals surface area (Å²) in [4.78, 5) is 13.6. The lowest BCUT2D eigenvalue weighted by atomic mass is 9.97. The third-order valence-electron chi connectivity index (χ3n) is 4.42. The molecule has 3 rings (SSSR count). The van der Waals surface area contributed by atoms with Gasteiger partial charge < -0.3 is 0 Å².